The molecule has 0 unspecified atom stereocenters. The minimum absolute atomic E-state index is 0.0154. The van der Waals surface area contributed by atoms with Gasteiger partial charge in [0.25, 0.3) is 0 Å². The van der Waals surface area contributed by atoms with Gasteiger partial charge in [-0.25, -0.2) is 0 Å². The van der Waals surface area contributed by atoms with Gasteiger partial charge in [0.1, 0.15) is 5.76 Å². The molecule has 0 aliphatic heterocycles. The molecule has 0 radical (unpaired) electrons. The number of rotatable bonds is 15. The summed E-state index contributed by atoms with van der Waals surface area (Å²) in [6, 6.07) is 22.0. The van der Waals surface area contributed by atoms with E-state index in [2.05, 4.69) is 32.9 Å². The number of nitrogens with zero attached hydrogens (tertiary/aromatic N) is 2. The molecule has 1 fully saturated rings. The maximum Gasteiger partial charge on any atom is 0.301 e. The molecule has 2 aliphatic rings. The van der Waals surface area contributed by atoms with E-state index in [1.54, 1.807) is 24.3 Å². The van der Waals surface area contributed by atoms with Crippen molar-refractivity contribution in [3.63, 3.8) is 0 Å². The summed E-state index contributed by atoms with van der Waals surface area (Å²) in [4.78, 5) is 17.4. The van der Waals surface area contributed by atoms with E-state index in [-0.39, 0.29) is 5.57 Å². The molecule has 0 heterocycles. The normalized spacial score (nSPS) is 16.1. The van der Waals surface area contributed by atoms with E-state index in [1.807, 2.05) is 101 Å². The third-order valence-electron chi connectivity index (χ3n) is 12.6. The Morgan fingerprint density at radius 3 is 1.97 bits per heavy atom. The third kappa shape index (κ3) is 8.52. The first-order chi connectivity index (χ1) is 31.8. The predicted octanol–water partition coefficient (Wildman–Crippen LogP) is 12.2. The average molecular weight is 903 g/mol. The first-order valence-corrected chi connectivity index (χ1v) is 21.9. The summed E-state index contributed by atoms with van der Waals surface area (Å²) in [6.07, 6.45) is 9.11. The van der Waals surface area contributed by atoms with Gasteiger partial charge in [-0.1, -0.05) is 133 Å². The Bertz CT molecular complexity index is 3030. The number of hydrogen-bond acceptors (Lipinski definition) is 10. The van der Waals surface area contributed by atoms with Crippen LogP contribution in [0.4, 0.5) is 11.4 Å². The second kappa shape index (κ2) is 19.2. The zero-order valence-electron chi connectivity index (χ0n) is 38.6. The lowest BCUT2D eigenvalue weighted by molar-refractivity contribution is -0.117. The summed E-state index contributed by atoms with van der Waals surface area (Å²) in [5.41, 5.74) is 6.29. The summed E-state index contributed by atoms with van der Waals surface area (Å²) in [6.45, 7) is 29.1. The number of anilines is 2. The lowest BCUT2D eigenvalue weighted by Gasteiger charge is -2.35. The molecule has 4 aromatic rings. The summed E-state index contributed by atoms with van der Waals surface area (Å²) in [5, 5.41) is 89.2. The van der Waals surface area contributed by atoms with Crippen molar-refractivity contribution >= 4 is 47.4 Å². The molecular weight excluding hydrogens is 845 g/mol. The largest absolute Gasteiger partial charge is 0.509 e. The van der Waals surface area contributed by atoms with Crippen LogP contribution < -0.4 is 20.2 Å². The van der Waals surface area contributed by atoms with Crippen LogP contribution in [0.3, 0.4) is 0 Å². The molecule has 0 bridgehead atoms. The van der Waals surface area contributed by atoms with Crippen LogP contribution in [0.15, 0.2) is 163 Å². The summed E-state index contributed by atoms with van der Waals surface area (Å²) < 4.78 is 0. The van der Waals surface area contributed by atoms with Crippen LogP contribution in [0.2, 0.25) is 0 Å². The van der Waals surface area contributed by atoms with Crippen LogP contribution in [0.5, 0.6) is 0 Å². The van der Waals surface area contributed by atoms with E-state index < -0.39 is 63.4 Å². The van der Waals surface area contributed by atoms with Crippen LogP contribution in [-0.2, 0) is 10.2 Å². The highest BCUT2D eigenvalue weighted by Crippen LogP contribution is 2.55. The number of carbonyl (C=O) groups excluding carboxylic acids is 1. The number of aryl methyl sites for hydroxylation is 1. The van der Waals surface area contributed by atoms with Gasteiger partial charge in [-0.15, -0.1) is 0 Å². The van der Waals surface area contributed by atoms with Crippen molar-refractivity contribution in [3.05, 3.63) is 207 Å². The van der Waals surface area contributed by atoms with E-state index in [4.69, 9.17) is 0 Å². The minimum atomic E-state index is -1.21. The number of aliphatic hydroxyl groups excluding tert-OH is 8. The summed E-state index contributed by atoms with van der Waals surface area (Å²) >= 11 is 0. The number of allylic oxidation sites excluding steroid dienone is 3. The molecule has 1 amide bonds. The van der Waals surface area contributed by atoms with E-state index in [0.717, 1.165) is 41.2 Å². The topological polar surface area (TPSA) is 185 Å². The number of aliphatic hydroxyl groups is 8. The number of carbonyl (C=O) groups is 1. The molecule has 1 saturated carbocycles. The van der Waals surface area contributed by atoms with Gasteiger partial charge in [0.15, 0.2) is 23.0 Å². The molecule has 0 saturated heterocycles. The van der Waals surface area contributed by atoms with E-state index in [0.29, 0.717) is 69.2 Å². The quantitative estimate of drug-likeness (QED) is 0.0324. The predicted molar refractivity (Wildman–Crippen MR) is 270 cm³/mol. The molecule has 0 aromatic heterocycles. The molecule has 0 atom stereocenters. The number of fused-ring (bicyclic) bond motifs is 3. The Morgan fingerprint density at radius 1 is 0.776 bits per heavy atom. The zero-order chi connectivity index (χ0) is 49.2. The Hall–Kier alpha value is -8.05. The lowest BCUT2D eigenvalue weighted by atomic mass is 9.78. The fourth-order valence-corrected chi connectivity index (χ4v) is 8.90. The van der Waals surface area contributed by atoms with Crippen LogP contribution in [0, 0.1) is 12.8 Å². The molecule has 67 heavy (non-hydrogen) atoms. The van der Waals surface area contributed by atoms with Crippen LogP contribution >= 0.6 is 0 Å². The molecule has 0 spiro atoms. The van der Waals surface area contributed by atoms with Crippen LogP contribution in [0.25, 0.3) is 41.3 Å². The minimum Gasteiger partial charge on any atom is -0.509 e. The molecule has 11 nitrogen and oxygen atoms in total. The summed E-state index contributed by atoms with van der Waals surface area (Å²) in [7, 11) is 0. The van der Waals surface area contributed by atoms with Gasteiger partial charge in [0, 0.05) is 27.4 Å². The van der Waals surface area contributed by atoms with Gasteiger partial charge in [-0.2, -0.15) is 0 Å². The Morgan fingerprint density at radius 2 is 1.42 bits per heavy atom. The second-order valence-corrected chi connectivity index (χ2v) is 17.1. The average Bonchev–Trinajstić information content (AvgIpc) is 3.51. The van der Waals surface area contributed by atoms with Crippen molar-refractivity contribution in [2.75, 3.05) is 9.80 Å². The van der Waals surface area contributed by atoms with Gasteiger partial charge < -0.3 is 40.9 Å². The highest BCUT2D eigenvalue weighted by Gasteiger charge is 2.41. The van der Waals surface area contributed by atoms with Crippen molar-refractivity contribution < 1.29 is 45.6 Å². The van der Waals surface area contributed by atoms with Gasteiger partial charge in [-0.3, -0.25) is 14.6 Å². The fraction of sp³-hybridized carbons (Fsp3) is 0.196. The number of hydrogen-bond donors (Lipinski definition) is 8. The van der Waals surface area contributed by atoms with Crippen molar-refractivity contribution in [1.82, 2.24) is 0 Å². The summed E-state index contributed by atoms with van der Waals surface area (Å²) in [5.74, 6) is -8.53. The van der Waals surface area contributed by atoms with Crippen LogP contribution in [-0.4, -0.2) is 46.8 Å². The van der Waals surface area contributed by atoms with Gasteiger partial charge in [0.05, 0.1) is 22.7 Å². The fourth-order valence-electron chi connectivity index (χ4n) is 8.90. The van der Waals surface area contributed by atoms with Gasteiger partial charge in [0.2, 0.25) is 17.4 Å². The van der Waals surface area contributed by atoms with E-state index in [9.17, 15) is 45.6 Å². The number of amides is 1. The molecule has 8 N–H and O–H groups in total. The zero-order valence-corrected chi connectivity index (χ0v) is 38.6. The van der Waals surface area contributed by atoms with Gasteiger partial charge >= 0.3 is 5.91 Å². The molecule has 6 rings (SSSR count). The van der Waals surface area contributed by atoms with Crippen molar-refractivity contribution in [1.29, 1.82) is 0 Å². The van der Waals surface area contributed by atoms with Crippen molar-refractivity contribution in [2.24, 2.45) is 5.92 Å². The Kier molecular flexibility index (Phi) is 13.9. The first-order valence-electron chi connectivity index (χ1n) is 21.9. The van der Waals surface area contributed by atoms with Crippen molar-refractivity contribution in [2.45, 2.75) is 65.7 Å². The number of benzene rings is 4. The molecule has 346 valence electrons. The lowest BCUT2D eigenvalue weighted by Crippen LogP contribution is -2.35. The Labute approximate surface area is 391 Å². The van der Waals surface area contributed by atoms with E-state index >= 15 is 0 Å². The molecule has 4 aromatic carbocycles. The second-order valence-electron chi connectivity index (χ2n) is 17.1. The molecular formula is C56H58N2O9. The highest BCUT2D eigenvalue weighted by atomic mass is 16.4. The molecule has 2 aliphatic carbocycles. The highest BCUT2D eigenvalue weighted by molar-refractivity contribution is 6.14. The van der Waals surface area contributed by atoms with Gasteiger partial charge in [-0.05, 0) is 102 Å². The third-order valence-corrected chi connectivity index (χ3v) is 12.6. The standard InChI is InChI=1S/C56H58N2O9/c1-11-20-45(40-26-18-16-22-32(40)6)57(55(67)53(65)52(64)50(62)34(8)60)36-27-28-41-42(29-36)56(9,10)43-30-46(37(12-2)38(13-3)48(41)43)58(44(14-4)39-25-17-15-21-31(39)5)54(66)47(35-23-19-24-35)51(63)49(61)33(7)59/h12-18,20-22,25-30,35,59-66H,2-5,7,11,19,23-24H2,1,6,8-10H3/b44-39+,45-20+,50-34-,51-49-,53-52-,54-47?. The molecule has 11 heteroatoms. The SMILES string of the molecule is C=C/C(=c1/ccccc1=C)N(C(O)=C(/C(O)=C(/O)C(=C)O)C1CCC1)c1cc2c(c(C=C)c1C=C)-c1ccc(N(C(=O)/C(O)=C(O)\C(O)=C(/C)O)/C(=C/CC)c3ccccc3C)cc1C2(C)C. The smallest absolute Gasteiger partial charge is 0.301 e. The van der Waals surface area contributed by atoms with E-state index in [1.165, 1.54) is 9.80 Å². The van der Waals surface area contributed by atoms with Crippen LogP contribution in [0.1, 0.15) is 86.8 Å². The maximum atomic E-state index is 14.6. The van der Waals surface area contributed by atoms with Crippen molar-refractivity contribution in [3.8, 4) is 11.1 Å². The monoisotopic (exact) mass is 902 g/mol. The maximum absolute atomic E-state index is 14.6. The first kappa shape index (κ1) is 48.4. The Balaban J connectivity index is 1.70.